The molecule has 0 saturated heterocycles. The van der Waals surface area contributed by atoms with Gasteiger partial charge in [0.1, 0.15) is 0 Å². The van der Waals surface area contributed by atoms with Crippen molar-refractivity contribution in [3.8, 4) is 11.8 Å². The molecule has 0 radical (unpaired) electrons. The van der Waals surface area contributed by atoms with E-state index in [1.807, 2.05) is 18.0 Å². The first-order valence-electron chi connectivity index (χ1n) is 7.54. The van der Waals surface area contributed by atoms with Gasteiger partial charge in [-0.15, -0.1) is 11.3 Å². The number of nitrogens with zero attached hydrogens (tertiary/aromatic N) is 1. The first kappa shape index (κ1) is 16.1. The van der Waals surface area contributed by atoms with Gasteiger partial charge in [-0.2, -0.15) is 0 Å². The van der Waals surface area contributed by atoms with Gasteiger partial charge in [0, 0.05) is 25.9 Å². The summed E-state index contributed by atoms with van der Waals surface area (Å²) in [6.07, 6.45) is 3.89. The number of hydrogen-bond acceptors (Lipinski definition) is 3. The lowest BCUT2D eigenvalue weighted by molar-refractivity contribution is -0.135. The maximum Gasteiger partial charge on any atom is 0.225 e. The van der Waals surface area contributed by atoms with Crippen molar-refractivity contribution in [2.75, 3.05) is 13.7 Å². The zero-order chi connectivity index (χ0) is 15.2. The summed E-state index contributed by atoms with van der Waals surface area (Å²) in [6.45, 7) is 2.94. The van der Waals surface area contributed by atoms with E-state index in [2.05, 4.69) is 24.1 Å². The Morgan fingerprint density at radius 1 is 1.52 bits per heavy atom. The van der Waals surface area contributed by atoms with Gasteiger partial charge in [0.15, 0.2) is 0 Å². The molecular formula is C17H23NO2S. The molecule has 1 heterocycles. The Morgan fingerprint density at radius 3 is 3.00 bits per heavy atom. The number of amides is 1. The van der Waals surface area contributed by atoms with Crippen LogP contribution in [0, 0.1) is 23.7 Å². The topological polar surface area (TPSA) is 40.5 Å². The second-order valence-corrected chi connectivity index (χ2v) is 6.71. The average molecular weight is 305 g/mol. The van der Waals surface area contributed by atoms with E-state index in [-0.39, 0.29) is 18.4 Å². The molecule has 2 unspecified atom stereocenters. The highest BCUT2D eigenvalue weighted by Crippen LogP contribution is 2.32. The molecule has 0 aromatic carbocycles. The molecule has 2 rings (SSSR count). The third kappa shape index (κ3) is 4.33. The highest BCUT2D eigenvalue weighted by Gasteiger charge is 2.31. The number of aliphatic hydroxyl groups is 1. The van der Waals surface area contributed by atoms with Gasteiger partial charge in [-0.1, -0.05) is 25.2 Å². The van der Waals surface area contributed by atoms with E-state index in [0.29, 0.717) is 18.9 Å². The van der Waals surface area contributed by atoms with E-state index in [1.165, 1.54) is 12.8 Å². The number of aliphatic hydroxyl groups excluding tert-OH is 1. The molecule has 0 bridgehead atoms. The normalized spacial score (nSPS) is 20.9. The van der Waals surface area contributed by atoms with Crippen molar-refractivity contribution < 1.29 is 9.90 Å². The van der Waals surface area contributed by atoms with Crippen molar-refractivity contribution in [1.82, 2.24) is 4.90 Å². The lowest BCUT2D eigenvalue weighted by Gasteiger charge is -2.23. The summed E-state index contributed by atoms with van der Waals surface area (Å²) in [5.74, 6) is 6.96. The van der Waals surface area contributed by atoms with Crippen molar-refractivity contribution in [2.45, 2.75) is 39.2 Å². The van der Waals surface area contributed by atoms with Crippen LogP contribution < -0.4 is 0 Å². The Hall–Kier alpha value is -1.31. The van der Waals surface area contributed by atoms with Crippen LogP contribution in [0.4, 0.5) is 0 Å². The highest BCUT2D eigenvalue weighted by molar-refractivity contribution is 7.10. The van der Waals surface area contributed by atoms with E-state index in [0.717, 1.165) is 16.9 Å². The van der Waals surface area contributed by atoms with Crippen LogP contribution in [0.15, 0.2) is 11.4 Å². The molecule has 21 heavy (non-hydrogen) atoms. The lowest BCUT2D eigenvalue weighted by Crippen LogP contribution is -2.33. The lowest BCUT2D eigenvalue weighted by atomic mass is 9.96. The summed E-state index contributed by atoms with van der Waals surface area (Å²) in [5.41, 5.74) is 1.13. The molecule has 3 nitrogen and oxygen atoms in total. The Bertz CT molecular complexity index is 540. The van der Waals surface area contributed by atoms with Gasteiger partial charge in [-0.05, 0) is 35.8 Å². The van der Waals surface area contributed by atoms with Crippen molar-refractivity contribution in [3.05, 3.63) is 21.9 Å². The molecule has 1 aliphatic rings. The minimum atomic E-state index is 0.0993. The van der Waals surface area contributed by atoms with Crippen LogP contribution in [0.25, 0.3) is 0 Å². The first-order chi connectivity index (χ1) is 10.1. The molecule has 0 aliphatic heterocycles. The van der Waals surface area contributed by atoms with Crippen LogP contribution in [-0.4, -0.2) is 29.6 Å². The molecule has 4 heteroatoms. The Balaban J connectivity index is 1.92. The number of carbonyl (C=O) groups excluding carboxylic acids is 1. The Labute approximate surface area is 131 Å². The zero-order valence-corrected chi connectivity index (χ0v) is 13.6. The predicted molar refractivity (Wildman–Crippen MR) is 85.9 cm³/mol. The summed E-state index contributed by atoms with van der Waals surface area (Å²) in [5, 5.41) is 10.8. The van der Waals surface area contributed by atoms with Crippen molar-refractivity contribution in [1.29, 1.82) is 0 Å². The fourth-order valence-corrected chi connectivity index (χ4v) is 3.65. The molecule has 1 fully saturated rings. The largest absolute Gasteiger partial charge is 0.395 e. The Morgan fingerprint density at radius 2 is 2.33 bits per heavy atom. The molecule has 1 aromatic heterocycles. The number of carbonyl (C=O) groups is 1. The van der Waals surface area contributed by atoms with Gasteiger partial charge in [-0.25, -0.2) is 0 Å². The molecule has 1 saturated carbocycles. The van der Waals surface area contributed by atoms with Crippen LogP contribution >= 0.6 is 11.3 Å². The SMILES string of the molecule is CC1CCCC1C(=O)N(C)Cc1csc(C#CCCO)c1. The number of rotatable bonds is 4. The number of hydrogen-bond donors (Lipinski definition) is 1. The van der Waals surface area contributed by atoms with Gasteiger partial charge in [0.25, 0.3) is 0 Å². The minimum absolute atomic E-state index is 0.0993. The van der Waals surface area contributed by atoms with Crippen LogP contribution in [0.5, 0.6) is 0 Å². The second-order valence-electron chi connectivity index (χ2n) is 5.80. The van der Waals surface area contributed by atoms with Gasteiger partial charge in [-0.3, -0.25) is 4.79 Å². The molecule has 0 spiro atoms. The maximum atomic E-state index is 12.5. The predicted octanol–water partition coefficient (Wildman–Crippen LogP) is 2.88. The van der Waals surface area contributed by atoms with Gasteiger partial charge < -0.3 is 10.0 Å². The molecule has 1 amide bonds. The second kappa shape index (κ2) is 7.63. The van der Waals surface area contributed by atoms with E-state index in [4.69, 9.17) is 5.11 Å². The third-order valence-corrected chi connectivity index (χ3v) is 4.97. The third-order valence-electron chi connectivity index (χ3n) is 4.08. The summed E-state index contributed by atoms with van der Waals surface area (Å²) in [6, 6.07) is 2.04. The Kier molecular flexibility index (Phi) is 5.84. The molecule has 1 aromatic rings. The number of thiophene rings is 1. The summed E-state index contributed by atoms with van der Waals surface area (Å²) in [4.78, 5) is 15.3. The zero-order valence-electron chi connectivity index (χ0n) is 12.8. The fourth-order valence-electron chi connectivity index (χ4n) is 2.88. The summed E-state index contributed by atoms with van der Waals surface area (Å²) in [7, 11) is 1.89. The standard InChI is InChI=1S/C17H23NO2S/c1-13-6-5-8-16(13)17(20)18(2)11-14-10-15(21-12-14)7-3-4-9-19/h10,12-13,16,19H,4-6,8-9,11H2,1-2H3. The molecular weight excluding hydrogens is 282 g/mol. The van der Waals surface area contributed by atoms with Gasteiger partial charge in [0.05, 0.1) is 11.5 Å². The fraction of sp³-hybridized carbons (Fsp3) is 0.588. The molecule has 2 atom stereocenters. The first-order valence-corrected chi connectivity index (χ1v) is 8.42. The smallest absolute Gasteiger partial charge is 0.225 e. The van der Waals surface area contributed by atoms with E-state index < -0.39 is 0 Å². The molecule has 1 N–H and O–H groups in total. The summed E-state index contributed by atoms with van der Waals surface area (Å²) >= 11 is 1.59. The monoisotopic (exact) mass is 305 g/mol. The van der Waals surface area contributed by atoms with Crippen LogP contribution in [0.3, 0.4) is 0 Å². The van der Waals surface area contributed by atoms with Crippen molar-refractivity contribution in [3.63, 3.8) is 0 Å². The van der Waals surface area contributed by atoms with Gasteiger partial charge >= 0.3 is 0 Å². The average Bonchev–Trinajstić information content (AvgIpc) is 3.07. The quantitative estimate of drug-likeness (QED) is 0.869. The molecule has 114 valence electrons. The van der Waals surface area contributed by atoms with E-state index in [9.17, 15) is 4.79 Å². The minimum Gasteiger partial charge on any atom is -0.395 e. The van der Waals surface area contributed by atoms with Crippen LogP contribution in [-0.2, 0) is 11.3 Å². The van der Waals surface area contributed by atoms with Crippen molar-refractivity contribution in [2.24, 2.45) is 11.8 Å². The van der Waals surface area contributed by atoms with Gasteiger partial charge in [0.2, 0.25) is 5.91 Å². The summed E-state index contributed by atoms with van der Waals surface area (Å²) < 4.78 is 0. The highest BCUT2D eigenvalue weighted by atomic mass is 32.1. The van der Waals surface area contributed by atoms with Crippen molar-refractivity contribution >= 4 is 17.2 Å². The molecule has 1 aliphatic carbocycles. The van der Waals surface area contributed by atoms with Crippen LogP contribution in [0.2, 0.25) is 0 Å². The van der Waals surface area contributed by atoms with E-state index >= 15 is 0 Å². The maximum absolute atomic E-state index is 12.5. The van der Waals surface area contributed by atoms with E-state index in [1.54, 1.807) is 11.3 Å². The van der Waals surface area contributed by atoms with Crippen LogP contribution in [0.1, 0.15) is 43.0 Å².